The predicted molar refractivity (Wildman–Crippen MR) is 72.2 cm³/mol. The van der Waals surface area contributed by atoms with E-state index in [2.05, 4.69) is 10.5 Å². The summed E-state index contributed by atoms with van der Waals surface area (Å²) in [7, 11) is 0. The Morgan fingerprint density at radius 2 is 2.15 bits per heavy atom. The molecule has 1 unspecified atom stereocenters. The molecule has 0 bridgehead atoms. The summed E-state index contributed by atoms with van der Waals surface area (Å²) in [6.07, 6.45) is 1.09. The number of carbonyl (C=O) groups is 2. The highest BCUT2D eigenvalue weighted by Gasteiger charge is 2.20. The summed E-state index contributed by atoms with van der Waals surface area (Å²) in [5.74, 6) is -1.39. The van der Waals surface area contributed by atoms with Crippen molar-refractivity contribution in [3.63, 3.8) is 0 Å². The highest BCUT2D eigenvalue weighted by atomic mass is 16.5. The van der Waals surface area contributed by atoms with E-state index in [1.165, 1.54) is 0 Å². The molecule has 0 spiro atoms. The van der Waals surface area contributed by atoms with Gasteiger partial charge in [0.15, 0.2) is 5.58 Å². The molecule has 106 valence electrons. The van der Waals surface area contributed by atoms with Crippen LogP contribution in [0.3, 0.4) is 0 Å². The number of aliphatic carboxylic acids is 1. The topological polar surface area (TPSA) is 92.4 Å². The lowest BCUT2D eigenvalue weighted by atomic mass is 10.1. The maximum Gasteiger partial charge on any atom is 0.326 e. The summed E-state index contributed by atoms with van der Waals surface area (Å²) in [6.45, 7) is 1.87. The van der Waals surface area contributed by atoms with Gasteiger partial charge in [0.25, 0.3) is 0 Å². The Morgan fingerprint density at radius 1 is 1.40 bits per heavy atom. The molecule has 0 aliphatic carbocycles. The zero-order chi connectivity index (χ0) is 14.5. The molecule has 0 aliphatic heterocycles. The Labute approximate surface area is 115 Å². The van der Waals surface area contributed by atoms with Crippen molar-refractivity contribution in [2.45, 2.75) is 32.2 Å². The Hall–Kier alpha value is -2.37. The second-order valence-electron chi connectivity index (χ2n) is 4.55. The van der Waals surface area contributed by atoms with E-state index < -0.39 is 12.0 Å². The van der Waals surface area contributed by atoms with Gasteiger partial charge in [-0.2, -0.15) is 0 Å². The molecule has 1 aromatic carbocycles. The number of benzene rings is 1. The van der Waals surface area contributed by atoms with Crippen LogP contribution in [0, 0.1) is 0 Å². The van der Waals surface area contributed by atoms with Gasteiger partial charge in [-0.1, -0.05) is 30.6 Å². The van der Waals surface area contributed by atoms with Crippen molar-refractivity contribution >= 4 is 22.8 Å². The van der Waals surface area contributed by atoms with E-state index in [1.807, 2.05) is 25.1 Å². The SMILES string of the molecule is CCCC(NC(=O)Cc1noc2ccccc12)C(=O)O. The van der Waals surface area contributed by atoms with Crippen LogP contribution >= 0.6 is 0 Å². The number of fused-ring (bicyclic) bond motifs is 1. The summed E-state index contributed by atoms with van der Waals surface area (Å²) in [5.41, 5.74) is 1.12. The number of rotatable bonds is 6. The number of aromatic nitrogens is 1. The van der Waals surface area contributed by atoms with Crippen molar-refractivity contribution in [3.8, 4) is 0 Å². The quantitative estimate of drug-likeness (QED) is 0.838. The molecule has 0 saturated heterocycles. The third-order valence-corrected chi connectivity index (χ3v) is 2.99. The van der Waals surface area contributed by atoms with Crippen LogP contribution in [-0.2, 0) is 16.0 Å². The summed E-state index contributed by atoms with van der Waals surface area (Å²) >= 11 is 0. The zero-order valence-electron chi connectivity index (χ0n) is 11.1. The molecule has 0 saturated carbocycles. The number of carboxylic acid groups (broad SMARTS) is 1. The second-order valence-corrected chi connectivity index (χ2v) is 4.55. The maximum absolute atomic E-state index is 11.9. The van der Waals surface area contributed by atoms with Crippen molar-refractivity contribution in [1.82, 2.24) is 10.5 Å². The number of amides is 1. The number of carboxylic acids is 1. The molecule has 20 heavy (non-hydrogen) atoms. The molecule has 1 heterocycles. The van der Waals surface area contributed by atoms with E-state index in [0.717, 1.165) is 5.39 Å². The summed E-state index contributed by atoms with van der Waals surface area (Å²) in [5, 5.41) is 16.1. The molecule has 0 aliphatic rings. The fourth-order valence-corrected chi connectivity index (χ4v) is 2.01. The highest BCUT2D eigenvalue weighted by Crippen LogP contribution is 2.18. The number of para-hydroxylation sites is 1. The van der Waals surface area contributed by atoms with Gasteiger partial charge in [-0.25, -0.2) is 4.79 Å². The molecule has 0 fully saturated rings. The number of nitrogens with one attached hydrogen (secondary N) is 1. The fourth-order valence-electron chi connectivity index (χ4n) is 2.01. The molecule has 6 heteroatoms. The average molecular weight is 276 g/mol. The van der Waals surface area contributed by atoms with E-state index in [4.69, 9.17) is 9.63 Å². The van der Waals surface area contributed by atoms with Crippen LogP contribution in [0.4, 0.5) is 0 Å². The van der Waals surface area contributed by atoms with Crippen LogP contribution in [0.1, 0.15) is 25.5 Å². The van der Waals surface area contributed by atoms with Crippen LogP contribution in [0.15, 0.2) is 28.8 Å². The third kappa shape index (κ3) is 3.14. The Balaban J connectivity index is 2.06. The first-order valence-electron chi connectivity index (χ1n) is 6.47. The van der Waals surface area contributed by atoms with Crippen LogP contribution in [0.25, 0.3) is 11.0 Å². The number of carbonyl (C=O) groups excluding carboxylic acids is 1. The predicted octanol–water partition coefficient (Wildman–Crippen LogP) is 1.74. The van der Waals surface area contributed by atoms with Crippen LogP contribution in [-0.4, -0.2) is 28.2 Å². The monoisotopic (exact) mass is 276 g/mol. The first-order chi connectivity index (χ1) is 9.61. The van der Waals surface area contributed by atoms with E-state index in [-0.39, 0.29) is 12.3 Å². The van der Waals surface area contributed by atoms with Gasteiger partial charge in [0.2, 0.25) is 5.91 Å². The Bertz CT molecular complexity index is 620. The lowest BCUT2D eigenvalue weighted by Crippen LogP contribution is -2.41. The van der Waals surface area contributed by atoms with Gasteiger partial charge in [0.1, 0.15) is 11.7 Å². The van der Waals surface area contributed by atoms with Crippen molar-refractivity contribution in [2.24, 2.45) is 0 Å². The largest absolute Gasteiger partial charge is 0.480 e. The molecule has 2 rings (SSSR count). The van der Waals surface area contributed by atoms with Crippen molar-refractivity contribution < 1.29 is 19.2 Å². The van der Waals surface area contributed by atoms with E-state index in [0.29, 0.717) is 24.1 Å². The minimum absolute atomic E-state index is 0.00447. The minimum atomic E-state index is -1.02. The van der Waals surface area contributed by atoms with Gasteiger partial charge >= 0.3 is 5.97 Å². The van der Waals surface area contributed by atoms with Crippen molar-refractivity contribution in [1.29, 1.82) is 0 Å². The number of nitrogens with zero attached hydrogens (tertiary/aromatic N) is 1. The summed E-state index contributed by atoms with van der Waals surface area (Å²) < 4.78 is 5.10. The smallest absolute Gasteiger partial charge is 0.326 e. The van der Waals surface area contributed by atoms with Gasteiger partial charge in [0, 0.05) is 5.39 Å². The normalized spacial score (nSPS) is 12.2. The third-order valence-electron chi connectivity index (χ3n) is 2.99. The van der Waals surface area contributed by atoms with Crippen molar-refractivity contribution in [3.05, 3.63) is 30.0 Å². The van der Waals surface area contributed by atoms with Crippen LogP contribution in [0.5, 0.6) is 0 Å². The zero-order valence-corrected chi connectivity index (χ0v) is 11.1. The molecule has 2 aromatic rings. The Morgan fingerprint density at radius 3 is 2.85 bits per heavy atom. The molecule has 1 amide bonds. The van der Waals surface area contributed by atoms with E-state index >= 15 is 0 Å². The lowest BCUT2D eigenvalue weighted by molar-refractivity contribution is -0.141. The highest BCUT2D eigenvalue weighted by molar-refractivity contribution is 5.88. The van der Waals surface area contributed by atoms with Gasteiger partial charge in [-0.15, -0.1) is 0 Å². The molecule has 0 radical (unpaired) electrons. The molecule has 1 aromatic heterocycles. The standard InChI is InChI=1S/C14H16N2O4/c1-2-5-10(14(18)19)15-13(17)8-11-9-6-3-4-7-12(9)20-16-11/h3-4,6-7,10H,2,5,8H2,1H3,(H,15,17)(H,18,19). The lowest BCUT2D eigenvalue weighted by Gasteiger charge is -2.12. The maximum atomic E-state index is 11.9. The summed E-state index contributed by atoms with van der Waals surface area (Å²) in [6, 6.07) is 6.37. The Kier molecular flexibility index (Phi) is 4.34. The molecule has 2 N–H and O–H groups in total. The molecular weight excluding hydrogens is 260 g/mol. The number of hydrogen-bond donors (Lipinski definition) is 2. The summed E-state index contributed by atoms with van der Waals surface area (Å²) in [4.78, 5) is 22.9. The fraction of sp³-hybridized carbons (Fsp3) is 0.357. The minimum Gasteiger partial charge on any atom is -0.480 e. The van der Waals surface area contributed by atoms with Crippen molar-refractivity contribution in [2.75, 3.05) is 0 Å². The van der Waals surface area contributed by atoms with E-state index in [1.54, 1.807) is 6.07 Å². The van der Waals surface area contributed by atoms with Crippen LogP contribution < -0.4 is 5.32 Å². The van der Waals surface area contributed by atoms with E-state index in [9.17, 15) is 9.59 Å². The number of hydrogen-bond acceptors (Lipinski definition) is 4. The molecular formula is C14H16N2O4. The van der Waals surface area contributed by atoms with Gasteiger partial charge in [-0.05, 0) is 18.6 Å². The molecule has 1 atom stereocenters. The van der Waals surface area contributed by atoms with Crippen LogP contribution in [0.2, 0.25) is 0 Å². The first-order valence-corrected chi connectivity index (χ1v) is 6.47. The average Bonchev–Trinajstić information content (AvgIpc) is 2.81. The van der Waals surface area contributed by atoms with Gasteiger partial charge in [-0.3, -0.25) is 4.79 Å². The second kappa shape index (κ2) is 6.18. The first kappa shape index (κ1) is 14.0. The van der Waals surface area contributed by atoms with Gasteiger partial charge in [0.05, 0.1) is 6.42 Å². The van der Waals surface area contributed by atoms with Gasteiger partial charge < -0.3 is 14.9 Å². The molecule has 6 nitrogen and oxygen atoms in total.